The van der Waals surface area contributed by atoms with Crippen molar-refractivity contribution in [1.29, 1.82) is 0 Å². The van der Waals surface area contributed by atoms with E-state index in [0.717, 1.165) is 0 Å². The SMILES string of the molecule is Cc1cc(C)c(C(=O)Nc2ccc(Oc3ncc(F)cc3C(F)(F)F)cc2)c(F)c1. The highest BCUT2D eigenvalue weighted by Crippen LogP contribution is 2.37. The van der Waals surface area contributed by atoms with E-state index in [2.05, 4.69) is 10.3 Å². The van der Waals surface area contributed by atoms with Crippen molar-refractivity contribution in [3.63, 3.8) is 0 Å². The molecule has 1 aromatic heterocycles. The van der Waals surface area contributed by atoms with Crippen LogP contribution >= 0.6 is 0 Å². The second-order valence-corrected chi connectivity index (χ2v) is 6.52. The average molecular weight is 422 g/mol. The van der Waals surface area contributed by atoms with Gasteiger partial charge in [0.05, 0.1) is 11.8 Å². The Morgan fingerprint density at radius 1 is 1.03 bits per heavy atom. The molecule has 156 valence electrons. The fraction of sp³-hybridized carbons (Fsp3) is 0.143. The Morgan fingerprint density at radius 3 is 2.30 bits per heavy atom. The van der Waals surface area contributed by atoms with E-state index in [0.29, 0.717) is 17.3 Å². The summed E-state index contributed by atoms with van der Waals surface area (Å²) in [5.41, 5.74) is -0.0472. The predicted octanol–water partition coefficient (Wildman–Crippen LogP) is 6.04. The third-order valence-corrected chi connectivity index (χ3v) is 4.11. The Kier molecular flexibility index (Phi) is 5.73. The second-order valence-electron chi connectivity index (χ2n) is 6.52. The minimum absolute atomic E-state index is 0.0182. The molecule has 1 amide bonds. The number of nitrogens with zero attached hydrogens (tertiary/aromatic N) is 1. The molecule has 0 atom stereocenters. The molecule has 0 aliphatic heterocycles. The first-order valence-corrected chi connectivity index (χ1v) is 8.63. The van der Waals surface area contributed by atoms with Crippen molar-refractivity contribution in [3.05, 3.63) is 82.5 Å². The summed E-state index contributed by atoms with van der Waals surface area (Å²) in [6.07, 6.45) is -4.24. The molecule has 9 heteroatoms. The van der Waals surface area contributed by atoms with Crippen LogP contribution in [0, 0.1) is 25.5 Å². The fourth-order valence-electron chi connectivity index (χ4n) is 2.83. The number of rotatable bonds is 4. The van der Waals surface area contributed by atoms with Crippen LogP contribution in [0.25, 0.3) is 0 Å². The molecule has 3 rings (SSSR count). The third-order valence-electron chi connectivity index (χ3n) is 4.11. The van der Waals surface area contributed by atoms with Gasteiger partial charge in [0.25, 0.3) is 5.91 Å². The van der Waals surface area contributed by atoms with Gasteiger partial charge in [-0.05, 0) is 61.4 Å². The lowest BCUT2D eigenvalue weighted by Gasteiger charge is -2.13. The van der Waals surface area contributed by atoms with Gasteiger partial charge in [0.2, 0.25) is 5.88 Å². The Balaban J connectivity index is 1.78. The first-order chi connectivity index (χ1) is 14.0. The number of pyridine rings is 1. The molecule has 0 radical (unpaired) electrons. The molecule has 0 saturated heterocycles. The number of halogens is 5. The van der Waals surface area contributed by atoms with Gasteiger partial charge in [-0.3, -0.25) is 4.79 Å². The van der Waals surface area contributed by atoms with Gasteiger partial charge in [0.1, 0.15) is 22.9 Å². The molecule has 1 N–H and O–H groups in total. The quantitative estimate of drug-likeness (QED) is 0.522. The lowest BCUT2D eigenvalue weighted by molar-refractivity contribution is -0.139. The molecule has 2 aromatic carbocycles. The van der Waals surface area contributed by atoms with E-state index in [4.69, 9.17) is 4.74 Å². The Bertz CT molecular complexity index is 1070. The summed E-state index contributed by atoms with van der Waals surface area (Å²) in [4.78, 5) is 15.7. The van der Waals surface area contributed by atoms with Crippen LogP contribution in [0.15, 0.2) is 48.7 Å². The van der Waals surface area contributed by atoms with E-state index in [1.54, 1.807) is 19.9 Å². The normalized spacial score (nSPS) is 11.3. The molecule has 0 aliphatic carbocycles. The molecule has 0 bridgehead atoms. The van der Waals surface area contributed by atoms with Gasteiger partial charge in [-0.25, -0.2) is 13.8 Å². The largest absolute Gasteiger partial charge is 0.438 e. The maximum atomic E-state index is 14.1. The summed E-state index contributed by atoms with van der Waals surface area (Å²) in [5, 5.41) is 2.51. The van der Waals surface area contributed by atoms with Crippen LogP contribution in [0.3, 0.4) is 0 Å². The van der Waals surface area contributed by atoms with Crippen molar-refractivity contribution in [2.24, 2.45) is 0 Å². The molecular formula is C21H15F5N2O2. The summed E-state index contributed by atoms with van der Waals surface area (Å²) in [6.45, 7) is 3.31. The molecule has 4 nitrogen and oxygen atoms in total. The highest BCUT2D eigenvalue weighted by Gasteiger charge is 2.36. The molecule has 0 unspecified atom stereocenters. The van der Waals surface area contributed by atoms with Gasteiger partial charge in [-0.1, -0.05) is 6.07 Å². The summed E-state index contributed by atoms with van der Waals surface area (Å²) in [7, 11) is 0. The summed E-state index contributed by atoms with van der Waals surface area (Å²) in [5.74, 6) is -3.30. The van der Waals surface area contributed by atoms with Gasteiger partial charge < -0.3 is 10.1 Å². The number of hydrogen-bond acceptors (Lipinski definition) is 3. The summed E-state index contributed by atoms with van der Waals surface area (Å²) in [6, 6.07) is 8.51. The minimum Gasteiger partial charge on any atom is -0.438 e. The zero-order valence-electron chi connectivity index (χ0n) is 15.8. The van der Waals surface area contributed by atoms with Crippen molar-refractivity contribution in [1.82, 2.24) is 4.98 Å². The Hall–Kier alpha value is -3.49. The maximum absolute atomic E-state index is 14.1. The van der Waals surface area contributed by atoms with E-state index in [1.165, 1.54) is 30.3 Å². The zero-order valence-corrected chi connectivity index (χ0v) is 15.8. The van der Waals surface area contributed by atoms with Gasteiger partial charge >= 0.3 is 6.18 Å². The van der Waals surface area contributed by atoms with Crippen molar-refractivity contribution < 1.29 is 31.5 Å². The topological polar surface area (TPSA) is 51.2 Å². The number of anilines is 1. The number of aryl methyl sites for hydroxylation is 2. The molecule has 0 fully saturated rings. The van der Waals surface area contributed by atoms with Crippen LogP contribution in [-0.4, -0.2) is 10.9 Å². The highest BCUT2D eigenvalue weighted by molar-refractivity contribution is 6.05. The molecule has 3 aromatic rings. The predicted molar refractivity (Wildman–Crippen MR) is 99.5 cm³/mol. The zero-order chi connectivity index (χ0) is 22.1. The fourth-order valence-corrected chi connectivity index (χ4v) is 2.83. The monoisotopic (exact) mass is 422 g/mol. The van der Waals surface area contributed by atoms with Crippen LogP contribution < -0.4 is 10.1 Å². The highest BCUT2D eigenvalue weighted by atomic mass is 19.4. The van der Waals surface area contributed by atoms with Crippen LogP contribution in [-0.2, 0) is 6.18 Å². The standard InChI is InChI=1S/C21H15F5N2O2/c1-11-7-12(2)18(17(23)8-11)19(29)28-14-3-5-15(6-4-14)30-20-16(21(24,25)26)9-13(22)10-27-20/h3-10H,1-2H3,(H,28,29). The molecule has 30 heavy (non-hydrogen) atoms. The number of hydrogen-bond donors (Lipinski definition) is 1. The number of benzene rings is 2. The van der Waals surface area contributed by atoms with Gasteiger partial charge in [-0.15, -0.1) is 0 Å². The van der Waals surface area contributed by atoms with Crippen LogP contribution in [0.2, 0.25) is 0 Å². The number of nitrogens with one attached hydrogen (secondary N) is 1. The average Bonchev–Trinajstić information content (AvgIpc) is 2.63. The number of aromatic nitrogens is 1. The number of amides is 1. The number of ether oxygens (including phenoxy) is 1. The van der Waals surface area contributed by atoms with Crippen molar-refractivity contribution >= 4 is 11.6 Å². The number of carbonyl (C=O) groups is 1. The lowest BCUT2D eigenvalue weighted by Crippen LogP contribution is -2.15. The van der Waals surface area contributed by atoms with Gasteiger partial charge in [-0.2, -0.15) is 13.2 Å². The van der Waals surface area contributed by atoms with Gasteiger partial charge in [0, 0.05) is 5.69 Å². The van der Waals surface area contributed by atoms with E-state index >= 15 is 0 Å². The van der Waals surface area contributed by atoms with Crippen LogP contribution in [0.5, 0.6) is 11.6 Å². The Labute approximate surface area is 168 Å². The molecule has 0 spiro atoms. The summed E-state index contributed by atoms with van der Waals surface area (Å²) >= 11 is 0. The van der Waals surface area contributed by atoms with E-state index in [1.807, 2.05) is 0 Å². The first-order valence-electron chi connectivity index (χ1n) is 8.63. The van der Waals surface area contributed by atoms with Crippen LogP contribution in [0.1, 0.15) is 27.0 Å². The second kappa shape index (κ2) is 8.10. The lowest BCUT2D eigenvalue weighted by atomic mass is 10.0. The minimum atomic E-state index is -4.85. The van der Waals surface area contributed by atoms with Gasteiger partial charge in [0.15, 0.2) is 0 Å². The number of carbonyl (C=O) groups excluding carboxylic acids is 1. The van der Waals surface area contributed by atoms with E-state index in [-0.39, 0.29) is 23.1 Å². The number of alkyl halides is 3. The molecule has 1 heterocycles. The summed E-state index contributed by atoms with van der Waals surface area (Å²) < 4.78 is 71.4. The Morgan fingerprint density at radius 2 is 1.70 bits per heavy atom. The first kappa shape index (κ1) is 21.2. The third kappa shape index (κ3) is 4.73. The van der Waals surface area contributed by atoms with Crippen LogP contribution in [0.4, 0.5) is 27.6 Å². The van der Waals surface area contributed by atoms with E-state index in [9.17, 15) is 26.7 Å². The molecule has 0 saturated carbocycles. The van der Waals surface area contributed by atoms with Crippen molar-refractivity contribution in [2.75, 3.05) is 5.32 Å². The smallest absolute Gasteiger partial charge is 0.421 e. The van der Waals surface area contributed by atoms with Crippen molar-refractivity contribution in [3.8, 4) is 11.6 Å². The maximum Gasteiger partial charge on any atom is 0.421 e. The molecular weight excluding hydrogens is 407 g/mol. The van der Waals surface area contributed by atoms with E-state index < -0.39 is 35.2 Å². The molecule has 0 aliphatic rings. The van der Waals surface area contributed by atoms with Crippen molar-refractivity contribution in [2.45, 2.75) is 20.0 Å².